The van der Waals surface area contributed by atoms with Crippen LogP contribution in [0.15, 0.2) is 0 Å². The lowest BCUT2D eigenvalue weighted by Gasteiger charge is -2.16. The van der Waals surface area contributed by atoms with Crippen molar-refractivity contribution >= 4 is 0 Å². The van der Waals surface area contributed by atoms with E-state index in [-0.39, 0.29) is 11.5 Å². The molecule has 0 aromatic heterocycles. The molecular weight excluding hydrogens is 190 g/mol. The van der Waals surface area contributed by atoms with E-state index in [0.29, 0.717) is 0 Å². The van der Waals surface area contributed by atoms with Gasteiger partial charge in [-0.25, -0.2) is 0 Å². The van der Waals surface area contributed by atoms with Gasteiger partial charge in [-0.1, -0.05) is 0 Å². The molecule has 0 bridgehead atoms. The van der Waals surface area contributed by atoms with Crippen molar-refractivity contribution in [2.24, 2.45) is 0 Å². The van der Waals surface area contributed by atoms with Crippen LogP contribution < -0.4 is 0 Å². The average molecular weight is 207 g/mol. The molecule has 1 aromatic carbocycles. The minimum absolute atomic E-state index is 0.0698. The van der Waals surface area contributed by atoms with E-state index in [1.54, 1.807) is 0 Å². The monoisotopic (exact) mass is 207 g/mol. The van der Waals surface area contributed by atoms with Crippen LogP contribution in [-0.2, 0) is 6.54 Å². The predicted octanol–water partition coefficient (Wildman–Crippen LogP) is 3.01. The van der Waals surface area contributed by atoms with Crippen LogP contribution in [-0.4, -0.2) is 4.92 Å². The molecule has 3 nitrogen and oxygen atoms in total. The molecule has 0 amide bonds. The van der Waals surface area contributed by atoms with Gasteiger partial charge in [0.1, 0.15) is 0 Å². The Labute approximate surface area is 90.3 Å². The van der Waals surface area contributed by atoms with Crippen molar-refractivity contribution in [3.8, 4) is 0 Å². The van der Waals surface area contributed by atoms with Crippen molar-refractivity contribution in [2.75, 3.05) is 0 Å². The van der Waals surface area contributed by atoms with Crippen LogP contribution in [0.2, 0.25) is 0 Å². The summed E-state index contributed by atoms with van der Waals surface area (Å²) in [6.45, 7) is 9.99. The molecule has 0 saturated heterocycles. The number of nitrogens with zero attached hydrogens (tertiary/aromatic N) is 1. The first kappa shape index (κ1) is 11.7. The molecule has 0 aliphatic rings. The molecule has 1 aromatic rings. The molecule has 82 valence electrons. The second-order valence-corrected chi connectivity index (χ2v) is 4.09. The molecule has 0 unspecified atom stereocenters. The molecule has 0 N–H and O–H groups in total. The third-order valence-corrected chi connectivity index (χ3v) is 3.44. The van der Waals surface area contributed by atoms with Gasteiger partial charge in [-0.3, -0.25) is 10.1 Å². The van der Waals surface area contributed by atoms with Crippen LogP contribution in [0.4, 0.5) is 0 Å². The Hall–Kier alpha value is -1.38. The zero-order valence-electron chi connectivity index (χ0n) is 9.97. The summed E-state index contributed by atoms with van der Waals surface area (Å²) in [6.07, 6.45) is 0. The van der Waals surface area contributed by atoms with E-state index in [4.69, 9.17) is 0 Å². The summed E-state index contributed by atoms with van der Waals surface area (Å²) in [4.78, 5) is 10.3. The maximum atomic E-state index is 10.6. The van der Waals surface area contributed by atoms with Gasteiger partial charge in [-0.05, 0) is 62.4 Å². The fraction of sp³-hybridized carbons (Fsp3) is 0.500. The Morgan fingerprint density at radius 2 is 1.20 bits per heavy atom. The molecule has 0 aliphatic heterocycles. The molecule has 0 aliphatic carbocycles. The second kappa shape index (κ2) is 4.01. The van der Waals surface area contributed by atoms with Crippen LogP contribution >= 0.6 is 0 Å². The highest BCUT2D eigenvalue weighted by molar-refractivity contribution is 5.49. The van der Waals surface area contributed by atoms with Gasteiger partial charge in [0.05, 0.1) is 0 Å². The first-order chi connectivity index (χ1) is 6.86. The number of hydrogen-bond acceptors (Lipinski definition) is 2. The van der Waals surface area contributed by atoms with Crippen molar-refractivity contribution in [2.45, 2.75) is 41.2 Å². The van der Waals surface area contributed by atoms with Crippen LogP contribution in [0.3, 0.4) is 0 Å². The molecule has 1 rings (SSSR count). The van der Waals surface area contributed by atoms with Crippen molar-refractivity contribution < 1.29 is 4.92 Å². The molecule has 0 spiro atoms. The second-order valence-electron chi connectivity index (χ2n) is 4.09. The van der Waals surface area contributed by atoms with E-state index in [0.717, 1.165) is 16.7 Å². The molecule has 15 heavy (non-hydrogen) atoms. The lowest BCUT2D eigenvalue weighted by molar-refractivity contribution is -0.497. The molecule has 0 heterocycles. The largest absolute Gasteiger partial charge is 0.264 e. The smallest absolute Gasteiger partial charge is 0.229 e. The SMILES string of the molecule is Cc1c(C)c(C)c(C[N+](=O)[O-])c(C)c1C. The van der Waals surface area contributed by atoms with Crippen LogP contribution in [0, 0.1) is 44.7 Å². The molecule has 3 heteroatoms. The van der Waals surface area contributed by atoms with Crippen LogP contribution in [0.25, 0.3) is 0 Å². The summed E-state index contributed by atoms with van der Waals surface area (Å²) >= 11 is 0. The van der Waals surface area contributed by atoms with Crippen molar-refractivity contribution in [1.29, 1.82) is 0 Å². The van der Waals surface area contributed by atoms with Gasteiger partial charge in [0.25, 0.3) is 0 Å². The summed E-state index contributed by atoms with van der Waals surface area (Å²) in [6, 6.07) is 0. The summed E-state index contributed by atoms with van der Waals surface area (Å²) in [5.41, 5.74) is 6.60. The van der Waals surface area contributed by atoms with Crippen molar-refractivity contribution in [3.63, 3.8) is 0 Å². The normalized spacial score (nSPS) is 10.5. The fourth-order valence-corrected chi connectivity index (χ4v) is 1.94. The molecule has 0 saturated carbocycles. The van der Waals surface area contributed by atoms with Crippen LogP contribution in [0.5, 0.6) is 0 Å². The third-order valence-electron chi connectivity index (χ3n) is 3.44. The Morgan fingerprint density at radius 1 is 0.867 bits per heavy atom. The van der Waals surface area contributed by atoms with Gasteiger partial charge < -0.3 is 0 Å². The minimum atomic E-state index is -0.260. The van der Waals surface area contributed by atoms with Gasteiger partial charge in [0, 0.05) is 10.5 Å². The summed E-state index contributed by atoms with van der Waals surface area (Å²) < 4.78 is 0. The Morgan fingerprint density at radius 3 is 1.53 bits per heavy atom. The Bertz CT molecular complexity index is 393. The fourth-order valence-electron chi connectivity index (χ4n) is 1.94. The maximum absolute atomic E-state index is 10.6. The average Bonchev–Trinajstić information content (AvgIpc) is 2.18. The van der Waals surface area contributed by atoms with Gasteiger partial charge in [-0.2, -0.15) is 0 Å². The van der Waals surface area contributed by atoms with Crippen LogP contribution in [0.1, 0.15) is 33.4 Å². The van der Waals surface area contributed by atoms with Gasteiger partial charge in [0.2, 0.25) is 6.54 Å². The van der Waals surface area contributed by atoms with E-state index in [1.807, 2.05) is 27.7 Å². The molecule has 0 fully saturated rings. The Balaban J connectivity index is 3.45. The standard InChI is InChI=1S/C12H17NO2/c1-7-8(2)10(4)12(6-13(14)15)11(5)9(7)3/h6H2,1-5H3. The molecular formula is C12H17NO2. The number of benzene rings is 1. The minimum Gasteiger partial charge on any atom is -0.264 e. The summed E-state index contributed by atoms with van der Waals surface area (Å²) in [5.74, 6) is 0. The maximum Gasteiger partial charge on any atom is 0.229 e. The van der Waals surface area contributed by atoms with E-state index < -0.39 is 0 Å². The lowest BCUT2D eigenvalue weighted by Crippen LogP contribution is -2.07. The quantitative estimate of drug-likeness (QED) is 0.552. The van der Waals surface area contributed by atoms with Gasteiger partial charge >= 0.3 is 0 Å². The highest BCUT2D eigenvalue weighted by Crippen LogP contribution is 2.26. The third kappa shape index (κ3) is 2.01. The van der Waals surface area contributed by atoms with E-state index in [9.17, 15) is 10.1 Å². The number of nitro groups is 1. The highest BCUT2D eigenvalue weighted by Gasteiger charge is 2.15. The first-order valence-electron chi connectivity index (χ1n) is 5.03. The predicted molar refractivity (Wildman–Crippen MR) is 60.8 cm³/mol. The van der Waals surface area contributed by atoms with E-state index in [1.165, 1.54) is 16.7 Å². The zero-order chi connectivity index (χ0) is 11.7. The first-order valence-corrected chi connectivity index (χ1v) is 5.03. The summed E-state index contributed by atoms with van der Waals surface area (Å²) in [5, 5.41) is 10.6. The highest BCUT2D eigenvalue weighted by atomic mass is 16.6. The number of hydrogen-bond donors (Lipinski definition) is 0. The molecule has 0 radical (unpaired) electrons. The lowest BCUT2D eigenvalue weighted by atomic mass is 9.90. The number of rotatable bonds is 2. The van der Waals surface area contributed by atoms with Crippen molar-refractivity contribution in [1.82, 2.24) is 0 Å². The van der Waals surface area contributed by atoms with Gasteiger partial charge in [0.15, 0.2) is 0 Å². The van der Waals surface area contributed by atoms with E-state index in [2.05, 4.69) is 6.92 Å². The topological polar surface area (TPSA) is 43.1 Å². The Kier molecular flexibility index (Phi) is 3.12. The molecule has 0 atom stereocenters. The zero-order valence-corrected chi connectivity index (χ0v) is 9.97. The van der Waals surface area contributed by atoms with E-state index >= 15 is 0 Å². The van der Waals surface area contributed by atoms with Crippen molar-refractivity contribution in [3.05, 3.63) is 43.5 Å². The summed E-state index contributed by atoms with van der Waals surface area (Å²) in [7, 11) is 0. The van der Waals surface area contributed by atoms with Gasteiger partial charge in [-0.15, -0.1) is 0 Å².